The molecule has 1 aromatic rings. The minimum Gasteiger partial charge on any atom is -0.494 e. The van der Waals surface area contributed by atoms with Crippen molar-refractivity contribution in [3.8, 4) is 5.75 Å². The van der Waals surface area contributed by atoms with Gasteiger partial charge in [-0.05, 0) is 32.4 Å². The van der Waals surface area contributed by atoms with Gasteiger partial charge in [-0.2, -0.15) is 0 Å². The first-order chi connectivity index (χ1) is 10.1. The summed E-state index contributed by atoms with van der Waals surface area (Å²) in [5.41, 5.74) is 12.8. The summed E-state index contributed by atoms with van der Waals surface area (Å²) < 4.78 is 5.63. The van der Waals surface area contributed by atoms with Crippen LogP contribution in [0.1, 0.15) is 31.4 Å². The fourth-order valence-electron chi connectivity index (χ4n) is 2.90. The molecule has 21 heavy (non-hydrogen) atoms. The van der Waals surface area contributed by atoms with Gasteiger partial charge in [0.25, 0.3) is 0 Å². The van der Waals surface area contributed by atoms with Crippen LogP contribution in [0.3, 0.4) is 0 Å². The van der Waals surface area contributed by atoms with Gasteiger partial charge in [-0.1, -0.05) is 18.2 Å². The number of ether oxygens (including phenoxy) is 1. The molecule has 0 aromatic heterocycles. The Balaban J connectivity index is 2.00. The number of carbonyl (C=O) groups is 1. The fourth-order valence-corrected chi connectivity index (χ4v) is 2.90. The minimum atomic E-state index is -0.206. The Bertz CT molecular complexity index is 478. The third-order valence-electron chi connectivity index (χ3n) is 3.98. The highest BCUT2D eigenvalue weighted by atomic mass is 16.5. The first-order valence-corrected chi connectivity index (χ1v) is 7.60. The second kappa shape index (κ2) is 7.43. The standard InChI is InChI=1S/C16H25N3O2/c1-2-21-15-8-4-3-7-13(15)14(17)11-19-9-5-6-12(10-19)16(18)20/h3-4,7-8,12,14H,2,5-6,9-11,17H2,1H3,(H2,18,20). The number of nitrogens with two attached hydrogens (primary N) is 2. The van der Waals surface area contributed by atoms with Crippen LogP contribution in [0.25, 0.3) is 0 Å². The van der Waals surface area contributed by atoms with Gasteiger partial charge in [0.1, 0.15) is 5.75 Å². The maximum absolute atomic E-state index is 11.3. The van der Waals surface area contributed by atoms with Crippen molar-refractivity contribution in [1.29, 1.82) is 0 Å². The van der Waals surface area contributed by atoms with Gasteiger partial charge >= 0.3 is 0 Å². The Hall–Kier alpha value is -1.59. The van der Waals surface area contributed by atoms with E-state index in [-0.39, 0.29) is 17.9 Å². The zero-order valence-electron chi connectivity index (χ0n) is 12.6. The minimum absolute atomic E-state index is 0.0481. The van der Waals surface area contributed by atoms with E-state index in [4.69, 9.17) is 16.2 Å². The smallest absolute Gasteiger partial charge is 0.221 e. The molecule has 1 saturated heterocycles. The average molecular weight is 291 g/mol. The normalized spacial score (nSPS) is 21.0. The zero-order chi connectivity index (χ0) is 15.2. The van der Waals surface area contributed by atoms with Gasteiger partial charge in [0.2, 0.25) is 5.91 Å². The van der Waals surface area contributed by atoms with Crippen LogP contribution in [-0.2, 0) is 4.79 Å². The Labute approximate surface area is 126 Å². The second-order valence-corrected chi connectivity index (χ2v) is 5.58. The molecule has 1 aromatic carbocycles. The lowest BCUT2D eigenvalue weighted by atomic mass is 9.96. The molecule has 1 fully saturated rings. The number of likely N-dealkylation sites (tertiary alicyclic amines) is 1. The van der Waals surface area contributed by atoms with Crippen LogP contribution in [0, 0.1) is 5.92 Å². The Morgan fingerprint density at radius 3 is 2.95 bits per heavy atom. The number of piperidine rings is 1. The predicted octanol–water partition coefficient (Wildman–Crippen LogP) is 1.28. The summed E-state index contributed by atoms with van der Waals surface area (Å²) in [6.07, 6.45) is 1.88. The number of hydrogen-bond acceptors (Lipinski definition) is 4. The number of para-hydroxylation sites is 1. The molecular formula is C16H25N3O2. The first kappa shape index (κ1) is 15.8. The lowest BCUT2D eigenvalue weighted by Gasteiger charge is -2.33. The molecule has 1 aliphatic rings. The molecule has 0 spiro atoms. The number of primary amides is 1. The number of rotatable bonds is 6. The van der Waals surface area contributed by atoms with E-state index in [1.54, 1.807) is 0 Å². The van der Waals surface area contributed by atoms with E-state index in [1.807, 2.05) is 31.2 Å². The van der Waals surface area contributed by atoms with E-state index in [0.717, 1.165) is 30.7 Å². The highest BCUT2D eigenvalue weighted by molar-refractivity contribution is 5.76. The topological polar surface area (TPSA) is 81.6 Å². The lowest BCUT2D eigenvalue weighted by molar-refractivity contribution is -0.123. The molecule has 116 valence electrons. The van der Waals surface area contributed by atoms with Gasteiger partial charge in [0.05, 0.1) is 12.5 Å². The van der Waals surface area contributed by atoms with Crippen molar-refractivity contribution >= 4 is 5.91 Å². The third-order valence-corrected chi connectivity index (χ3v) is 3.98. The highest BCUT2D eigenvalue weighted by Crippen LogP contribution is 2.25. The van der Waals surface area contributed by atoms with Crippen LogP contribution in [0.15, 0.2) is 24.3 Å². The maximum Gasteiger partial charge on any atom is 0.221 e. The van der Waals surface area contributed by atoms with Crippen molar-refractivity contribution in [1.82, 2.24) is 4.90 Å². The van der Waals surface area contributed by atoms with Crippen molar-refractivity contribution in [3.05, 3.63) is 29.8 Å². The van der Waals surface area contributed by atoms with E-state index in [1.165, 1.54) is 0 Å². The third kappa shape index (κ3) is 4.19. The largest absolute Gasteiger partial charge is 0.494 e. The second-order valence-electron chi connectivity index (χ2n) is 5.58. The monoisotopic (exact) mass is 291 g/mol. The van der Waals surface area contributed by atoms with Crippen molar-refractivity contribution in [3.63, 3.8) is 0 Å². The Kier molecular flexibility index (Phi) is 5.59. The molecule has 1 amide bonds. The summed E-state index contributed by atoms with van der Waals surface area (Å²) in [5.74, 6) is 0.590. The van der Waals surface area contributed by atoms with Crippen molar-refractivity contribution in [2.24, 2.45) is 17.4 Å². The number of amides is 1. The first-order valence-electron chi connectivity index (χ1n) is 7.60. The van der Waals surface area contributed by atoms with Crippen LogP contribution in [0.4, 0.5) is 0 Å². The number of carbonyl (C=O) groups excluding carboxylic acids is 1. The van der Waals surface area contributed by atoms with E-state index in [2.05, 4.69) is 4.90 Å². The van der Waals surface area contributed by atoms with Crippen LogP contribution in [0.5, 0.6) is 5.75 Å². The quantitative estimate of drug-likeness (QED) is 0.827. The summed E-state index contributed by atoms with van der Waals surface area (Å²) in [6.45, 7) is 4.98. The van der Waals surface area contributed by atoms with E-state index >= 15 is 0 Å². The van der Waals surface area contributed by atoms with E-state index in [9.17, 15) is 4.79 Å². The van der Waals surface area contributed by atoms with Crippen LogP contribution < -0.4 is 16.2 Å². The highest BCUT2D eigenvalue weighted by Gasteiger charge is 2.25. The molecule has 2 atom stereocenters. The fraction of sp³-hybridized carbons (Fsp3) is 0.562. The number of benzene rings is 1. The molecule has 5 heteroatoms. The summed E-state index contributed by atoms with van der Waals surface area (Å²) in [7, 11) is 0. The Morgan fingerprint density at radius 1 is 1.48 bits per heavy atom. The molecule has 2 unspecified atom stereocenters. The lowest BCUT2D eigenvalue weighted by Crippen LogP contribution is -2.43. The Morgan fingerprint density at radius 2 is 2.24 bits per heavy atom. The van der Waals surface area contributed by atoms with Crippen LogP contribution >= 0.6 is 0 Å². The molecule has 0 aliphatic carbocycles. The van der Waals surface area contributed by atoms with Gasteiger partial charge < -0.3 is 21.1 Å². The van der Waals surface area contributed by atoms with Gasteiger partial charge in [0.15, 0.2) is 0 Å². The van der Waals surface area contributed by atoms with Gasteiger partial charge in [-0.15, -0.1) is 0 Å². The molecule has 0 bridgehead atoms. The van der Waals surface area contributed by atoms with E-state index in [0.29, 0.717) is 19.7 Å². The number of hydrogen-bond donors (Lipinski definition) is 2. The van der Waals surface area contributed by atoms with Crippen molar-refractivity contribution in [2.75, 3.05) is 26.2 Å². The van der Waals surface area contributed by atoms with Gasteiger partial charge in [-0.25, -0.2) is 0 Å². The number of nitrogens with zero attached hydrogens (tertiary/aromatic N) is 1. The van der Waals surface area contributed by atoms with E-state index < -0.39 is 0 Å². The van der Waals surface area contributed by atoms with Gasteiger partial charge in [0, 0.05) is 24.7 Å². The SMILES string of the molecule is CCOc1ccccc1C(N)CN1CCCC(C(N)=O)C1. The van der Waals surface area contributed by atoms with Crippen molar-refractivity contribution in [2.45, 2.75) is 25.8 Å². The molecule has 4 N–H and O–H groups in total. The molecular weight excluding hydrogens is 266 g/mol. The molecule has 1 heterocycles. The van der Waals surface area contributed by atoms with Crippen LogP contribution in [-0.4, -0.2) is 37.0 Å². The summed E-state index contributed by atoms with van der Waals surface area (Å²) in [5, 5.41) is 0. The maximum atomic E-state index is 11.3. The molecule has 0 saturated carbocycles. The van der Waals surface area contributed by atoms with Gasteiger partial charge in [-0.3, -0.25) is 4.79 Å². The van der Waals surface area contributed by atoms with Crippen LogP contribution in [0.2, 0.25) is 0 Å². The summed E-state index contributed by atoms with van der Waals surface area (Å²) >= 11 is 0. The summed E-state index contributed by atoms with van der Waals surface area (Å²) in [6, 6.07) is 7.75. The zero-order valence-corrected chi connectivity index (χ0v) is 12.6. The van der Waals surface area contributed by atoms with Crippen molar-refractivity contribution < 1.29 is 9.53 Å². The molecule has 5 nitrogen and oxygen atoms in total. The average Bonchev–Trinajstić information content (AvgIpc) is 2.48. The molecule has 0 radical (unpaired) electrons. The predicted molar refractivity (Wildman–Crippen MR) is 82.9 cm³/mol. The summed E-state index contributed by atoms with van der Waals surface area (Å²) in [4.78, 5) is 13.6. The molecule has 1 aliphatic heterocycles. The molecule has 2 rings (SSSR count).